The summed E-state index contributed by atoms with van der Waals surface area (Å²) in [6.45, 7) is 3.21. The summed E-state index contributed by atoms with van der Waals surface area (Å²) in [6.07, 6.45) is 3.67. The Kier molecular flexibility index (Phi) is 6.28. The van der Waals surface area contributed by atoms with E-state index < -0.39 is 0 Å². The average Bonchev–Trinajstić information content (AvgIpc) is 3.41. The van der Waals surface area contributed by atoms with Gasteiger partial charge in [-0.2, -0.15) is 0 Å². The number of aromatic nitrogens is 1. The van der Waals surface area contributed by atoms with Gasteiger partial charge in [-0.3, -0.25) is 9.59 Å². The van der Waals surface area contributed by atoms with Crippen LogP contribution in [0.2, 0.25) is 0 Å². The molecule has 1 amide bonds. The van der Waals surface area contributed by atoms with Gasteiger partial charge in [0.2, 0.25) is 5.91 Å². The molecule has 0 radical (unpaired) electrons. The Morgan fingerprint density at radius 3 is 2.93 bits per heavy atom. The molecule has 3 rings (SSSR count). The van der Waals surface area contributed by atoms with E-state index in [1.165, 1.54) is 13.4 Å². The fourth-order valence-electron chi connectivity index (χ4n) is 3.03. The van der Waals surface area contributed by atoms with Gasteiger partial charge in [-0.25, -0.2) is 4.98 Å². The Bertz CT molecular complexity index is 761. The van der Waals surface area contributed by atoms with E-state index >= 15 is 0 Å². The molecule has 3 heterocycles. The lowest BCUT2D eigenvalue weighted by molar-refractivity contribution is -0.142. The third-order valence-corrected chi connectivity index (χ3v) is 4.56. The molecule has 8 heteroatoms. The molecular weight excluding hydrogens is 352 g/mol. The second-order valence-corrected chi connectivity index (χ2v) is 6.48. The predicted molar refractivity (Wildman–Crippen MR) is 94.8 cm³/mol. The van der Waals surface area contributed by atoms with Gasteiger partial charge in [-0.15, -0.1) is 0 Å². The number of nitrogens with zero attached hydrogens (tertiary/aromatic N) is 2. The van der Waals surface area contributed by atoms with Gasteiger partial charge in [-0.05, 0) is 31.9 Å². The molecule has 1 aliphatic rings. The normalized spacial score (nSPS) is 16.4. The zero-order valence-corrected chi connectivity index (χ0v) is 15.6. The minimum Gasteiger partial charge on any atom is -0.469 e. The number of hydrogen-bond donors (Lipinski definition) is 0. The fourth-order valence-corrected chi connectivity index (χ4v) is 3.03. The van der Waals surface area contributed by atoms with Gasteiger partial charge in [0.1, 0.15) is 5.76 Å². The number of furan rings is 1. The van der Waals surface area contributed by atoms with Crippen molar-refractivity contribution in [3.05, 3.63) is 29.9 Å². The highest BCUT2D eigenvalue weighted by Gasteiger charge is 2.25. The summed E-state index contributed by atoms with van der Waals surface area (Å²) in [6, 6.07) is 3.49. The van der Waals surface area contributed by atoms with Crippen LogP contribution in [-0.4, -0.2) is 54.7 Å². The summed E-state index contributed by atoms with van der Waals surface area (Å²) >= 11 is 0. The Morgan fingerprint density at radius 1 is 1.41 bits per heavy atom. The highest BCUT2D eigenvalue weighted by atomic mass is 16.5. The zero-order chi connectivity index (χ0) is 19.2. The standard InChI is InChI=1S/C19H24N2O6/c1-13-15(20-19(27-13)16-6-4-10-26-16)11-17(22)21(8-7-18(23)24-2)12-14-5-3-9-25-14/h4,6,10,14H,3,5,7-9,11-12H2,1-2H3. The van der Waals surface area contributed by atoms with E-state index in [-0.39, 0.29) is 37.4 Å². The first-order chi connectivity index (χ1) is 13.1. The van der Waals surface area contributed by atoms with Gasteiger partial charge >= 0.3 is 5.97 Å². The average molecular weight is 376 g/mol. The van der Waals surface area contributed by atoms with Crippen LogP contribution in [0.4, 0.5) is 0 Å². The molecule has 2 aromatic rings. The number of ether oxygens (including phenoxy) is 2. The first-order valence-electron chi connectivity index (χ1n) is 9.03. The Morgan fingerprint density at radius 2 is 2.26 bits per heavy atom. The summed E-state index contributed by atoms with van der Waals surface area (Å²) < 4.78 is 21.2. The SMILES string of the molecule is COC(=O)CCN(CC1CCCO1)C(=O)Cc1nc(-c2ccco2)oc1C. The van der Waals surface area contributed by atoms with Crippen LogP contribution in [0.3, 0.4) is 0 Å². The molecule has 0 bridgehead atoms. The molecule has 27 heavy (non-hydrogen) atoms. The molecule has 0 N–H and O–H groups in total. The van der Waals surface area contributed by atoms with Crippen LogP contribution in [0, 0.1) is 6.92 Å². The number of aryl methyl sites for hydroxylation is 1. The number of amides is 1. The van der Waals surface area contributed by atoms with Crippen LogP contribution < -0.4 is 0 Å². The highest BCUT2D eigenvalue weighted by molar-refractivity contribution is 5.79. The van der Waals surface area contributed by atoms with Crippen molar-refractivity contribution in [1.29, 1.82) is 0 Å². The molecule has 1 fully saturated rings. The van der Waals surface area contributed by atoms with Gasteiger partial charge in [0.25, 0.3) is 5.89 Å². The van der Waals surface area contributed by atoms with Crippen LogP contribution in [0.25, 0.3) is 11.7 Å². The van der Waals surface area contributed by atoms with Crippen molar-refractivity contribution in [1.82, 2.24) is 9.88 Å². The van der Waals surface area contributed by atoms with Gasteiger partial charge in [0.05, 0.1) is 38.0 Å². The van der Waals surface area contributed by atoms with Crippen molar-refractivity contribution >= 4 is 11.9 Å². The quantitative estimate of drug-likeness (QED) is 0.653. The van der Waals surface area contributed by atoms with Crippen molar-refractivity contribution in [3.63, 3.8) is 0 Å². The first kappa shape index (κ1) is 19.2. The molecule has 1 aliphatic heterocycles. The smallest absolute Gasteiger partial charge is 0.307 e. The number of carbonyl (C=O) groups is 2. The van der Waals surface area contributed by atoms with Crippen LogP contribution in [0.15, 0.2) is 27.2 Å². The van der Waals surface area contributed by atoms with Crippen LogP contribution in [-0.2, 0) is 25.5 Å². The Balaban J connectivity index is 1.68. The summed E-state index contributed by atoms with van der Waals surface area (Å²) in [7, 11) is 1.34. The summed E-state index contributed by atoms with van der Waals surface area (Å²) in [5.74, 6) is 0.952. The number of esters is 1. The second kappa shape index (κ2) is 8.85. The molecule has 1 unspecified atom stereocenters. The minimum absolute atomic E-state index is 0.00341. The van der Waals surface area contributed by atoms with E-state index in [1.807, 2.05) is 0 Å². The van der Waals surface area contributed by atoms with Gasteiger partial charge < -0.3 is 23.2 Å². The predicted octanol–water partition coefficient (Wildman–Crippen LogP) is 2.36. The van der Waals surface area contributed by atoms with E-state index in [9.17, 15) is 9.59 Å². The third kappa shape index (κ3) is 4.97. The van der Waals surface area contributed by atoms with Crippen LogP contribution in [0.1, 0.15) is 30.7 Å². The summed E-state index contributed by atoms with van der Waals surface area (Å²) in [4.78, 5) is 30.4. The molecule has 0 aromatic carbocycles. The van der Waals surface area contributed by atoms with Crippen LogP contribution in [0.5, 0.6) is 0 Å². The Labute approximate surface area is 157 Å². The van der Waals surface area contributed by atoms with Crippen LogP contribution >= 0.6 is 0 Å². The topological polar surface area (TPSA) is 95.0 Å². The molecule has 146 valence electrons. The van der Waals surface area contributed by atoms with Crippen molar-refractivity contribution in [2.75, 3.05) is 26.8 Å². The monoisotopic (exact) mass is 376 g/mol. The third-order valence-electron chi connectivity index (χ3n) is 4.56. The molecule has 2 aromatic heterocycles. The zero-order valence-electron chi connectivity index (χ0n) is 15.6. The number of methoxy groups -OCH3 is 1. The number of rotatable bonds is 8. The summed E-state index contributed by atoms with van der Waals surface area (Å²) in [5, 5.41) is 0. The van der Waals surface area contributed by atoms with Gasteiger partial charge in [0.15, 0.2) is 5.76 Å². The fraction of sp³-hybridized carbons (Fsp3) is 0.526. The number of oxazole rings is 1. The van der Waals surface area contributed by atoms with E-state index in [4.69, 9.17) is 13.6 Å². The van der Waals surface area contributed by atoms with Crippen molar-refractivity contribution in [3.8, 4) is 11.7 Å². The lowest BCUT2D eigenvalue weighted by Crippen LogP contribution is -2.39. The highest BCUT2D eigenvalue weighted by Crippen LogP contribution is 2.23. The molecule has 1 atom stereocenters. The molecular formula is C19H24N2O6. The van der Waals surface area contributed by atoms with E-state index in [0.717, 1.165) is 12.8 Å². The van der Waals surface area contributed by atoms with E-state index in [0.29, 0.717) is 36.3 Å². The van der Waals surface area contributed by atoms with Crippen molar-refractivity contribution in [2.45, 2.75) is 38.7 Å². The number of carbonyl (C=O) groups excluding carboxylic acids is 2. The maximum absolute atomic E-state index is 12.9. The molecule has 1 saturated heterocycles. The van der Waals surface area contributed by atoms with Gasteiger partial charge in [-0.1, -0.05) is 0 Å². The van der Waals surface area contributed by atoms with E-state index in [1.54, 1.807) is 24.0 Å². The first-order valence-corrected chi connectivity index (χ1v) is 9.03. The minimum atomic E-state index is -0.349. The van der Waals surface area contributed by atoms with Gasteiger partial charge in [0, 0.05) is 19.7 Å². The largest absolute Gasteiger partial charge is 0.469 e. The maximum Gasteiger partial charge on any atom is 0.307 e. The molecule has 0 saturated carbocycles. The molecule has 0 spiro atoms. The lowest BCUT2D eigenvalue weighted by Gasteiger charge is -2.25. The van der Waals surface area contributed by atoms with Crippen molar-refractivity contribution < 1.29 is 27.9 Å². The lowest BCUT2D eigenvalue weighted by atomic mass is 10.2. The molecule has 0 aliphatic carbocycles. The van der Waals surface area contributed by atoms with Crippen molar-refractivity contribution in [2.24, 2.45) is 0 Å². The molecule has 8 nitrogen and oxygen atoms in total. The second-order valence-electron chi connectivity index (χ2n) is 6.48. The maximum atomic E-state index is 12.9. The Hall–Kier alpha value is -2.61. The number of hydrogen-bond acceptors (Lipinski definition) is 7. The van der Waals surface area contributed by atoms with E-state index in [2.05, 4.69) is 9.72 Å². The summed E-state index contributed by atoms with van der Waals surface area (Å²) in [5.41, 5.74) is 0.557.